The van der Waals surface area contributed by atoms with Crippen molar-refractivity contribution in [2.75, 3.05) is 13.7 Å². The van der Waals surface area contributed by atoms with Crippen LogP contribution in [0, 0.1) is 20.2 Å². The first-order valence-electron chi connectivity index (χ1n) is 9.20. The van der Waals surface area contributed by atoms with Gasteiger partial charge in [-0.05, 0) is 30.3 Å². The van der Waals surface area contributed by atoms with Gasteiger partial charge >= 0.3 is 5.69 Å². The van der Waals surface area contributed by atoms with Crippen LogP contribution in [-0.2, 0) is 4.79 Å². The maximum atomic E-state index is 12.0. The Hall–Kier alpha value is -4.16. The molecule has 1 amide bonds. The van der Waals surface area contributed by atoms with Crippen molar-refractivity contribution >= 4 is 46.7 Å². The highest BCUT2D eigenvalue weighted by Gasteiger charge is 2.27. The van der Waals surface area contributed by atoms with Crippen LogP contribution in [0.3, 0.4) is 0 Å². The lowest BCUT2D eigenvalue weighted by Crippen LogP contribution is -2.25. The normalized spacial score (nSPS) is 10.8. The standard InChI is InChI=1S/C20H14Cl2N4O8/c1-32-18-8-12(25(28)29)7-16(26(30)31)20(18)33-10-19(27)24-23-9-13-3-5-17(34-13)11-2-4-14(21)15(22)6-11/h2-9H,10H2,1H3,(H,24,27)/b23-9+. The monoisotopic (exact) mass is 508 g/mol. The number of nitrogens with one attached hydrogen (secondary N) is 1. The molecule has 176 valence electrons. The molecule has 0 aliphatic rings. The van der Waals surface area contributed by atoms with Crippen LogP contribution < -0.4 is 14.9 Å². The second kappa shape index (κ2) is 10.6. The molecule has 2 aromatic carbocycles. The van der Waals surface area contributed by atoms with Crippen LogP contribution in [0.15, 0.2) is 52.0 Å². The van der Waals surface area contributed by atoms with E-state index in [1.54, 1.807) is 30.3 Å². The van der Waals surface area contributed by atoms with E-state index in [1.807, 2.05) is 0 Å². The number of carbonyl (C=O) groups is 1. The summed E-state index contributed by atoms with van der Waals surface area (Å²) in [6, 6.07) is 9.91. The smallest absolute Gasteiger partial charge is 0.321 e. The summed E-state index contributed by atoms with van der Waals surface area (Å²) < 4.78 is 15.7. The summed E-state index contributed by atoms with van der Waals surface area (Å²) in [7, 11) is 1.15. The van der Waals surface area contributed by atoms with Gasteiger partial charge in [-0.15, -0.1) is 0 Å². The van der Waals surface area contributed by atoms with E-state index in [1.165, 1.54) is 6.21 Å². The van der Waals surface area contributed by atoms with Gasteiger partial charge in [-0.3, -0.25) is 25.0 Å². The first-order chi connectivity index (χ1) is 16.2. The largest absolute Gasteiger partial charge is 0.492 e. The maximum absolute atomic E-state index is 12.0. The average Bonchev–Trinajstić information content (AvgIpc) is 3.27. The third-order valence-corrected chi connectivity index (χ3v) is 4.95. The van der Waals surface area contributed by atoms with Crippen molar-refractivity contribution in [2.24, 2.45) is 5.10 Å². The molecule has 12 nitrogen and oxygen atoms in total. The second-order valence-electron chi connectivity index (χ2n) is 6.42. The number of benzene rings is 2. The number of hydrogen-bond acceptors (Lipinski definition) is 9. The molecule has 0 radical (unpaired) electrons. The van der Waals surface area contributed by atoms with E-state index in [-0.39, 0.29) is 5.75 Å². The SMILES string of the molecule is COc1cc([N+](=O)[O-])cc([N+](=O)[O-])c1OCC(=O)N/N=C/c1ccc(-c2ccc(Cl)c(Cl)c2)o1. The minimum atomic E-state index is -0.886. The zero-order valence-electron chi connectivity index (χ0n) is 17.2. The summed E-state index contributed by atoms with van der Waals surface area (Å²) in [6.07, 6.45) is 1.23. The number of nitro benzene ring substituents is 2. The molecular formula is C20H14Cl2N4O8. The van der Waals surface area contributed by atoms with Crippen molar-refractivity contribution in [3.05, 3.63) is 78.5 Å². The molecular weight excluding hydrogens is 495 g/mol. The lowest BCUT2D eigenvalue weighted by Gasteiger charge is -2.10. The third kappa shape index (κ3) is 5.79. The number of nitro groups is 2. The summed E-state index contributed by atoms with van der Waals surface area (Å²) in [5, 5.41) is 26.7. The van der Waals surface area contributed by atoms with Gasteiger partial charge in [-0.1, -0.05) is 23.2 Å². The Morgan fingerprint density at radius 2 is 1.88 bits per heavy atom. The van der Waals surface area contributed by atoms with E-state index < -0.39 is 39.5 Å². The van der Waals surface area contributed by atoms with Gasteiger partial charge in [-0.2, -0.15) is 5.10 Å². The van der Waals surface area contributed by atoms with Gasteiger partial charge < -0.3 is 13.9 Å². The second-order valence-corrected chi connectivity index (χ2v) is 7.24. The molecule has 14 heteroatoms. The summed E-state index contributed by atoms with van der Waals surface area (Å²) in [4.78, 5) is 32.6. The molecule has 3 aromatic rings. The van der Waals surface area contributed by atoms with Crippen LogP contribution >= 0.6 is 23.2 Å². The molecule has 0 saturated carbocycles. The van der Waals surface area contributed by atoms with Crippen LogP contribution in [0.25, 0.3) is 11.3 Å². The molecule has 1 aromatic heterocycles. The molecule has 1 N–H and O–H groups in total. The van der Waals surface area contributed by atoms with Crippen molar-refractivity contribution in [1.29, 1.82) is 0 Å². The van der Waals surface area contributed by atoms with E-state index in [9.17, 15) is 25.0 Å². The Morgan fingerprint density at radius 1 is 1.12 bits per heavy atom. The molecule has 0 fully saturated rings. The van der Waals surface area contributed by atoms with Crippen molar-refractivity contribution in [3.8, 4) is 22.8 Å². The van der Waals surface area contributed by atoms with Crippen LogP contribution in [0.4, 0.5) is 11.4 Å². The molecule has 0 atom stereocenters. The van der Waals surface area contributed by atoms with E-state index >= 15 is 0 Å². The number of amides is 1. The summed E-state index contributed by atoms with van der Waals surface area (Å²) >= 11 is 11.9. The number of non-ortho nitro benzene ring substituents is 1. The summed E-state index contributed by atoms with van der Waals surface area (Å²) in [6.45, 7) is -0.682. The van der Waals surface area contributed by atoms with Crippen molar-refractivity contribution in [2.45, 2.75) is 0 Å². The third-order valence-electron chi connectivity index (χ3n) is 4.21. The molecule has 34 heavy (non-hydrogen) atoms. The zero-order valence-corrected chi connectivity index (χ0v) is 18.7. The minimum Gasteiger partial charge on any atom is -0.492 e. The number of halogens is 2. The molecule has 1 heterocycles. The number of nitrogens with zero attached hydrogens (tertiary/aromatic N) is 3. The van der Waals surface area contributed by atoms with Crippen LogP contribution in [0.2, 0.25) is 10.0 Å². The van der Waals surface area contributed by atoms with Gasteiger partial charge in [0, 0.05) is 5.56 Å². The molecule has 0 bridgehead atoms. The molecule has 0 spiro atoms. The van der Waals surface area contributed by atoms with Crippen LogP contribution in [-0.4, -0.2) is 35.7 Å². The zero-order chi connectivity index (χ0) is 24.8. The molecule has 0 saturated heterocycles. The average molecular weight is 509 g/mol. The highest BCUT2D eigenvalue weighted by Crippen LogP contribution is 2.40. The van der Waals surface area contributed by atoms with Gasteiger partial charge in [0.15, 0.2) is 12.4 Å². The highest BCUT2D eigenvalue weighted by molar-refractivity contribution is 6.42. The maximum Gasteiger partial charge on any atom is 0.321 e. The number of carbonyl (C=O) groups excluding carboxylic acids is 1. The molecule has 0 aliphatic carbocycles. The van der Waals surface area contributed by atoms with Crippen molar-refractivity contribution < 1.29 is 28.5 Å². The Bertz CT molecular complexity index is 1290. The summed E-state index contributed by atoms with van der Waals surface area (Å²) in [5.74, 6) is -0.665. The molecule has 0 unspecified atom stereocenters. The molecule has 0 aliphatic heterocycles. The van der Waals surface area contributed by atoms with Crippen LogP contribution in [0.1, 0.15) is 5.76 Å². The topological polar surface area (TPSA) is 159 Å². The van der Waals surface area contributed by atoms with Crippen molar-refractivity contribution in [1.82, 2.24) is 5.43 Å². The van der Waals surface area contributed by atoms with E-state index in [0.29, 0.717) is 33.2 Å². The number of hydrazone groups is 1. The predicted molar refractivity (Wildman–Crippen MR) is 122 cm³/mol. The van der Waals surface area contributed by atoms with Gasteiger partial charge in [0.05, 0.1) is 45.3 Å². The molecule has 3 rings (SSSR count). The Balaban J connectivity index is 1.64. The minimum absolute atomic E-state index is 0.275. The van der Waals surface area contributed by atoms with E-state index in [2.05, 4.69) is 10.5 Å². The number of rotatable bonds is 9. The number of ether oxygens (including phenoxy) is 2. The lowest BCUT2D eigenvalue weighted by molar-refractivity contribution is -0.394. The van der Waals surface area contributed by atoms with Gasteiger partial charge in [0.25, 0.3) is 11.6 Å². The highest BCUT2D eigenvalue weighted by atomic mass is 35.5. The Kier molecular flexibility index (Phi) is 7.66. The lowest BCUT2D eigenvalue weighted by atomic mass is 10.2. The first-order valence-corrected chi connectivity index (χ1v) is 9.96. The quantitative estimate of drug-likeness (QED) is 0.249. The van der Waals surface area contributed by atoms with E-state index in [4.69, 9.17) is 37.1 Å². The number of methoxy groups -OCH3 is 1. The van der Waals surface area contributed by atoms with Crippen molar-refractivity contribution in [3.63, 3.8) is 0 Å². The fourth-order valence-electron chi connectivity index (χ4n) is 2.68. The fourth-order valence-corrected chi connectivity index (χ4v) is 2.97. The number of hydrogen-bond donors (Lipinski definition) is 1. The fraction of sp³-hybridized carbons (Fsp3) is 0.100. The van der Waals surface area contributed by atoms with Gasteiger partial charge in [0.1, 0.15) is 11.5 Å². The predicted octanol–water partition coefficient (Wildman–Crippen LogP) is 4.61. The number of furan rings is 1. The Labute approximate surface area is 201 Å². The summed E-state index contributed by atoms with van der Waals surface area (Å²) in [5.41, 5.74) is 1.56. The first kappa shape index (κ1) is 24.5. The van der Waals surface area contributed by atoms with E-state index in [0.717, 1.165) is 13.2 Å². The van der Waals surface area contributed by atoms with Gasteiger partial charge in [-0.25, -0.2) is 5.43 Å². The Morgan fingerprint density at radius 3 is 2.53 bits per heavy atom. The van der Waals surface area contributed by atoms with Crippen LogP contribution in [0.5, 0.6) is 11.5 Å². The van der Waals surface area contributed by atoms with Gasteiger partial charge in [0.2, 0.25) is 5.75 Å².